The highest BCUT2D eigenvalue weighted by atomic mass is 19.2. The molecule has 0 heterocycles. The van der Waals surface area contributed by atoms with Crippen LogP contribution in [-0.2, 0) is 0 Å². The van der Waals surface area contributed by atoms with Gasteiger partial charge in [0.2, 0.25) is 0 Å². The van der Waals surface area contributed by atoms with Gasteiger partial charge in [0.05, 0.1) is 0 Å². The molecule has 0 N–H and O–H groups in total. The minimum Gasteiger partial charge on any atom is -0.203 e. The molecule has 0 nitrogen and oxygen atoms in total. The molecular weight excluding hydrogens is 773 g/mol. The molecule has 12 aromatic rings. The summed E-state index contributed by atoms with van der Waals surface area (Å²) in [6.07, 6.45) is 0. The van der Waals surface area contributed by atoms with Crippen molar-refractivity contribution in [3.05, 3.63) is 217 Å². The summed E-state index contributed by atoms with van der Waals surface area (Å²) in [5.41, 5.74) is 7.53. The van der Waals surface area contributed by atoms with Crippen molar-refractivity contribution in [1.29, 1.82) is 0 Å². The second-order valence-electron chi connectivity index (χ2n) is 15.9. The van der Waals surface area contributed by atoms with Gasteiger partial charge in [-0.1, -0.05) is 182 Å². The molecule has 0 aliphatic heterocycles. The third-order valence-electron chi connectivity index (χ3n) is 12.7. The van der Waals surface area contributed by atoms with Crippen molar-refractivity contribution in [2.24, 2.45) is 0 Å². The summed E-state index contributed by atoms with van der Waals surface area (Å²) in [5.74, 6) is -6.54. The first kappa shape index (κ1) is 36.1. The lowest BCUT2D eigenvalue weighted by molar-refractivity contribution is 0.418. The van der Waals surface area contributed by atoms with Crippen molar-refractivity contribution in [3.63, 3.8) is 0 Å². The zero-order chi connectivity index (χ0) is 41.6. The Morgan fingerprint density at radius 1 is 0.194 bits per heavy atom. The third-order valence-corrected chi connectivity index (χ3v) is 12.7. The second kappa shape index (κ2) is 13.9. The Labute approximate surface area is 353 Å². The Hall–Kier alpha value is -7.82. The Kier molecular flexibility index (Phi) is 8.07. The van der Waals surface area contributed by atoms with Crippen LogP contribution >= 0.6 is 0 Å². The molecule has 0 radical (unpaired) electrons. The standard InChI is InChI=1S/C58H32F4/c59-55-53-49-31-47(43-29-27-35(33-15-3-1-4-16-33)37-19-7-9-21-39(37)43)41-23-11-13-25-45(41)51(49)52-46-26-14-12-24-42(46)48(32-50(52)54(53)56(60)58(62)57(55)61)44-30-28-36(34-17-5-2-6-18-34)38-20-8-10-22-40(38)44/h1-32H. The molecule has 0 amide bonds. The fourth-order valence-corrected chi connectivity index (χ4v) is 10.1. The highest BCUT2D eigenvalue weighted by molar-refractivity contribution is 6.39. The zero-order valence-corrected chi connectivity index (χ0v) is 33.0. The third kappa shape index (κ3) is 5.20. The van der Waals surface area contributed by atoms with Crippen LogP contribution in [0.5, 0.6) is 0 Å². The van der Waals surface area contributed by atoms with Gasteiger partial charge in [0.25, 0.3) is 0 Å². The lowest BCUT2D eigenvalue weighted by Gasteiger charge is -2.21. The highest BCUT2D eigenvalue weighted by Crippen LogP contribution is 2.50. The highest BCUT2D eigenvalue weighted by Gasteiger charge is 2.28. The van der Waals surface area contributed by atoms with Gasteiger partial charge in [-0.3, -0.25) is 0 Å². The molecule has 0 aromatic heterocycles. The molecule has 62 heavy (non-hydrogen) atoms. The Bertz CT molecular complexity index is 3580. The fourth-order valence-electron chi connectivity index (χ4n) is 10.1. The number of fused-ring (bicyclic) bond motifs is 12. The normalized spacial score (nSPS) is 11.9. The number of hydrogen-bond acceptors (Lipinski definition) is 0. The van der Waals surface area contributed by atoms with Gasteiger partial charge < -0.3 is 0 Å². The van der Waals surface area contributed by atoms with Gasteiger partial charge in [-0.2, -0.15) is 0 Å². The molecule has 0 saturated carbocycles. The first-order valence-corrected chi connectivity index (χ1v) is 20.6. The van der Waals surface area contributed by atoms with E-state index in [2.05, 4.69) is 72.8 Å². The van der Waals surface area contributed by atoms with Gasteiger partial charge in [0.15, 0.2) is 23.3 Å². The summed E-state index contributed by atoms with van der Waals surface area (Å²) in [5, 5.41) is 8.57. The average molecular weight is 805 g/mol. The lowest BCUT2D eigenvalue weighted by atomic mass is 9.82. The Balaban J connectivity index is 1.25. The van der Waals surface area contributed by atoms with E-state index in [1.54, 1.807) is 0 Å². The molecule has 0 bridgehead atoms. The van der Waals surface area contributed by atoms with E-state index in [0.717, 1.165) is 87.6 Å². The van der Waals surface area contributed by atoms with E-state index in [0.29, 0.717) is 21.5 Å². The van der Waals surface area contributed by atoms with Crippen LogP contribution in [0.1, 0.15) is 0 Å². The minimum absolute atomic E-state index is 0.295. The molecule has 0 aliphatic carbocycles. The fraction of sp³-hybridized carbons (Fsp3) is 0. The summed E-state index contributed by atoms with van der Waals surface area (Å²) in [4.78, 5) is 0. The van der Waals surface area contributed by atoms with Crippen molar-refractivity contribution in [2.75, 3.05) is 0 Å². The van der Waals surface area contributed by atoms with Crippen molar-refractivity contribution in [2.45, 2.75) is 0 Å². The molecule has 0 aliphatic rings. The van der Waals surface area contributed by atoms with E-state index in [-0.39, 0.29) is 10.8 Å². The van der Waals surface area contributed by atoms with Crippen LogP contribution in [0.25, 0.3) is 120 Å². The Morgan fingerprint density at radius 3 is 0.823 bits per heavy atom. The predicted molar refractivity (Wildman–Crippen MR) is 251 cm³/mol. The van der Waals surface area contributed by atoms with E-state index < -0.39 is 23.3 Å². The largest absolute Gasteiger partial charge is 0.203 e. The monoisotopic (exact) mass is 804 g/mol. The van der Waals surface area contributed by atoms with Gasteiger partial charge in [-0.25, -0.2) is 17.6 Å². The molecule has 0 fully saturated rings. The van der Waals surface area contributed by atoms with Crippen LogP contribution in [0.15, 0.2) is 194 Å². The van der Waals surface area contributed by atoms with E-state index in [9.17, 15) is 0 Å². The van der Waals surface area contributed by atoms with Crippen LogP contribution < -0.4 is 0 Å². The lowest BCUT2D eigenvalue weighted by Crippen LogP contribution is -2.01. The Morgan fingerprint density at radius 2 is 0.468 bits per heavy atom. The van der Waals surface area contributed by atoms with Crippen molar-refractivity contribution in [3.8, 4) is 44.5 Å². The van der Waals surface area contributed by atoms with Gasteiger partial charge in [0, 0.05) is 10.8 Å². The summed E-state index contributed by atoms with van der Waals surface area (Å²) >= 11 is 0. The van der Waals surface area contributed by atoms with Gasteiger partial charge in [0.1, 0.15) is 0 Å². The molecule has 0 saturated heterocycles. The first-order valence-electron chi connectivity index (χ1n) is 20.6. The summed E-state index contributed by atoms with van der Waals surface area (Å²) in [6.45, 7) is 0. The number of halogens is 4. The number of benzene rings is 12. The SMILES string of the molecule is Fc1c(F)c(F)c2c3cc(-c4ccc(-c5ccccc5)c5ccccc45)c4ccccc4c3c3c4ccccc4c(-c4ccc(-c5ccccc5)c5ccccc45)cc3c2c1F. The zero-order valence-electron chi connectivity index (χ0n) is 33.0. The quantitative estimate of drug-likeness (QED) is 0.0719. The van der Waals surface area contributed by atoms with Crippen LogP contribution in [0.3, 0.4) is 0 Å². The number of rotatable bonds is 4. The van der Waals surface area contributed by atoms with Crippen LogP contribution in [-0.4, -0.2) is 0 Å². The average Bonchev–Trinajstić information content (AvgIpc) is 3.34. The van der Waals surface area contributed by atoms with Gasteiger partial charge in [-0.05, 0) is 121 Å². The van der Waals surface area contributed by atoms with Gasteiger partial charge >= 0.3 is 0 Å². The molecule has 292 valence electrons. The molecular formula is C58H32F4. The summed E-state index contributed by atoms with van der Waals surface area (Å²) in [6, 6.07) is 64.5. The maximum Gasteiger partial charge on any atom is 0.198 e. The predicted octanol–water partition coefficient (Wildman–Crippen LogP) is 17.0. The van der Waals surface area contributed by atoms with Crippen LogP contribution in [0.2, 0.25) is 0 Å². The summed E-state index contributed by atoms with van der Waals surface area (Å²) in [7, 11) is 0. The van der Waals surface area contributed by atoms with Crippen LogP contribution in [0.4, 0.5) is 17.6 Å². The van der Waals surface area contributed by atoms with Crippen molar-refractivity contribution < 1.29 is 17.6 Å². The molecule has 0 atom stereocenters. The topological polar surface area (TPSA) is 0 Å². The molecule has 4 heteroatoms. The van der Waals surface area contributed by atoms with E-state index in [1.165, 1.54) is 0 Å². The second-order valence-corrected chi connectivity index (χ2v) is 15.9. The molecule has 12 aromatic carbocycles. The maximum absolute atomic E-state index is 16.9. The van der Waals surface area contributed by atoms with Crippen molar-refractivity contribution >= 4 is 75.4 Å². The minimum atomic E-state index is -1.84. The number of hydrogen-bond donors (Lipinski definition) is 0. The van der Waals surface area contributed by atoms with Gasteiger partial charge in [-0.15, -0.1) is 0 Å². The van der Waals surface area contributed by atoms with E-state index >= 15 is 17.6 Å². The van der Waals surface area contributed by atoms with E-state index in [1.807, 2.05) is 121 Å². The van der Waals surface area contributed by atoms with E-state index in [4.69, 9.17) is 0 Å². The first-order chi connectivity index (χ1) is 30.5. The van der Waals surface area contributed by atoms with Crippen molar-refractivity contribution in [1.82, 2.24) is 0 Å². The summed E-state index contributed by atoms with van der Waals surface area (Å²) < 4.78 is 65.3. The molecule has 0 spiro atoms. The van der Waals surface area contributed by atoms with Crippen LogP contribution in [0, 0.1) is 23.3 Å². The smallest absolute Gasteiger partial charge is 0.198 e. The molecule has 0 unspecified atom stereocenters. The maximum atomic E-state index is 16.9. The molecule has 12 rings (SSSR count).